The second-order valence-electron chi connectivity index (χ2n) is 6.80. The lowest BCUT2D eigenvalue weighted by Gasteiger charge is -2.36. The fourth-order valence-electron chi connectivity index (χ4n) is 3.55. The van der Waals surface area contributed by atoms with E-state index in [9.17, 15) is 14.4 Å². The van der Waals surface area contributed by atoms with Crippen molar-refractivity contribution in [3.63, 3.8) is 0 Å². The summed E-state index contributed by atoms with van der Waals surface area (Å²) in [6.45, 7) is 0.940. The molecular formula is C22H23NO6. The standard InChI is InChI=1S/C22H23NO6/c1-27-19(24)15-12-16(20(25)28-2)14-18(13-15)23-21(26)22(8-10-29-11-9-22)17-6-4-3-5-7-17/h3-7,12-14H,8-11H2,1-2H3,(H,23,26). The minimum atomic E-state index is -0.758. The molecule has 0 saturated carbocycles. The van der Waals surface area contributed by atoms with Gasteiger partial charge in [0.1, 0.15) is 0 Å². The number of carbonyl (C=O) groups is 3. The van der Waals surface area contributed by atoms with E-state index in [1.807, 2.05) is 30.3 Å². The molecule has 0 aromatic heterocycles. The Morgan fingerprint density at radius 1 is 0.897 bits per heavy atom. The van der Waals surface area contributed by atoms with Gasteiger partial charge in [-0.25, -0.2) is 9.59 Å². The molecular weight excluding hydrogens is 374 g/mol. The Hall–Kier alpha value is -3.19. The topological polar surface area (TPSA) is 90.9 Å². The maximum Gasteiger partial charge on any atom is 0.337 e. The van der Waals surface area contributed by atoms with E-state index in [0.717, 1.165) is 5.56 Å². The van der Waals surface area contributed by atoms with Gasteiger partial charge in [0.25, 0.3) is 0 Å². The average molecular weight is 397 g/mol. The zero-order valence-corrected chi connectivity index (χ0v) is 16.4. The van der Waals surface area contributed by atoms with Crippen molar-refractivity contribution < 1.29 is 28.6 Å². The molecule has 0 radical (unpaired) electrons. The van der Waals surface area contributed by atoms with E-state index in [1.54, 1.807) is 0 Å². The fourth-order valence-corrected chi connectivity index (χ4v) is 3.55. The highest BCUT2D eigenvalue weighted by Crippen LogP contribution is 2.36. The highest BCUT2D eigenvalue weighted by atomic mass is 16.5. The minimum Gasteiger partial charge on any atom is -0.465 e. The number of carbonyl (C=O) groups excluding carboxylic acids is 3. The summed E-state index contributed by atoms with van der Waals surface area (Å²) in [6.07, 6.45) is 1.06. The lowest BCUT2D eigenvalue weighted by molar-refractivity contribution is -0.125. The third-order valence-corrected chi connectivity index (χ3v) is 5.14. The van der Waals surface area contributed by atoms with Crippen LogP contribution in [0.15, 0.2) is 48.5 Å². The van der Waals surface area contributed by atoms with Crippen molar-refractivity contribution in [1.29, 1.82) is 0 Å². The van der Waals surface area contributed by atoms with Gasteiger partial charge in [-0.1, -0.05) is 30.3 Å². The van der Waals surface area contributed by atoms with Crippen molar-refractivity contribution in [2.45, 2.75) is 18.3 Å². The molecule has 0 aliphatic carbocycles. The molecule has 7 nitrogen and oxygen atoms in total. The third-order valence-electron chi connectivity index (χ3n) is 5.14. The predicted octanol–water partition coefficient (Wildman–Crippen LogP) is 2.95. The van der Waals surface area contributed by atoms with Gasteiger partial charge in [0.05, 0.1) is 30.8 Å². The van der Waals surface area contributed by atoms with Gasteiger partial charge in [0.15, 0.2) is 0 Å². The van der Waals surface area contributed by atoms with E-state index in [2.05, 4.69) is 5.32 Å². The number of nitrogens with one attached hydrogen (secondary N) is 1. The van der Waals surface area contributed by atoms with Crippen LogP contribution >= 0.6 is 0 Å². The highest BCUT2D eigenvalue weighted by molar-refractivity contribution is 6.02. The summed E-state index contributed by atoms with van der Waals surface area (Å²) < 4.78 is 15.0. The Morgan fingerprint density at radius 2 is 1.45 bits per heavy atom. The maximum atomic E-state index is 13.4. The van der Waals surface area contributed by atoms with Gasteiger partial charge >= 0.3 is 11.9 Å². The number of hydrogen-bond donors (Lipinski definition) is 1. The number of hydrogen-bond acceptors (Lipinski definition) is 6. The summed E-state index contributed by atoms with van der Waals surface area (Å²) in [4.78, 5) is 37.4. The van der Waals surface area contributed by atoms with Gasteiger partial charge in [-0.05, 0) is 36.6 Å². The van der Waals surface area contributed by atoms with E-state index in [-0.39, 0.29) is 17.0 Å². The van der Waals surface area contributed by atoms with Crippen LogP contribution in [0.2, 0.25) is 0 Å². The normalized spacial score (nSPS) is 15.2. The molecule has 0 spiro atoms. The Bertz CT molecular complexity index is 869. The summed E-state index contributed by atoms with van der Waals surface area (Å²) in [7, 11) is 2.50. The first-order chi connectivity index (χ1) is 14.0. The van der Waals surface area contributed by atoms with Crippen molar-refractivity contribution in [2.24, 2.45) is 0 Å². The van der Waals surface area contributed by atoms with Gasteiger partial charge in [-0.15, -0.1) is 0 Å². The van der Waals surface area contributed by atoms with E-state index >= 15 is 0 Å². The molecule has 152 valence electrons. The largest absolute Gasteiger partial charge is 0.465 e. The molecule has 3 rings (SSSR count). The lowest BCUT2D eigenvalue weighted by atomic mass is 9.73. The van der Waals surface area contributed by atoms with Crippen LogP contribution in [0.25, 0.3) is 0 Å². The molecule has 0 bridgehead atoms. The van der Waals surface area contributed by atoms with Gasteiger partial charge in [0, 0.05) is 18.9 Å². The Balaban J connectivity index is 1.97. The molecule has 1 amide bonds. The summed E-state index contributed by atoms with van der Waals surface area (Å²) >= 11 is 0. The van der Waals surface area contributed by atoms with Gasteiger partial charge in [-0.3, -0.25) is 4.79 Å². The SMILES string of the molecule is COC(=O)c1cc(NC(=O)C2(c3ccccc3)CCOCC2)cc(C(=O)OC)c1. The highest BCUT2D eigenvalue weighted by Gasteiger charge is 2.41. The third kappa shape index (κ3) is 4.30. The molecule has 1 aliphatic heterocycles. The van der Waals surface area contributed by atoms with Crippen LogP contribution in [0.5, 0.6) is 0 Å². The van der Waals surface area contributed by atoms with Crippen LogP contribution in [0.3, 0.4) is 0 Å². The lowest BCUT2D eigenvalue weighted by Crippen LogP contribution is -2.44. The second kappa shape index (κ2) is 8.87. The van der Waals surface area contributed by atoms with Crippen LogP contribution in [0.1, 0.15) is 39.1 Å². The average Bonchev–Trinajstić information content (AvgIpc) is 2.78. The first-order valence-electron chi connectivity index (χ1n) is 9.26. The Kier molecular flexibility index (Phi) is 6.29. The number of amides is 1. The van der Waals surface area contributed by atoms with Crippen molar-refractivity contribution in [3.8, 4) is 0 Å². The number of esters is 2. The molecule has 0 atom stereocenters. The monoisotopic (exact) mass is 397 g/mol. The van der Waals surface area contributed by atoms with Gasteiger partial charge < -0.3 is 19.5 Å². The number of anilines is 1. The summed E-state index contributed by atoms with van der Waals surface area (Å²) in [5.41, 5.74) is 0.753. The summed E-state index contributed by atoms with van der Waals surface area (Å²) in [5, 5.41) is 2.88. The van der Waals surface area contributed by atoms with E-state index in [1.165, 1.54) is 32.4 Å². The van der Waals surface area contributed by atoms with Crippen LogP contribution in [-0.2, 0) is 24.4 Å². The van der Waals surface area contributed by atoms with Gasteiger partial charge in [0.2, 0.25) is 5.91 Å². The first kappa shape index (κ1) is 20.5. The maximum absolute atomic E-state index is 13.4. The predicted molar refractivity (Wildman–Crippen MR) is 106 cm³/mol. The number of ether oxygens (including phenoxy) is 3. The molecule has 7 heteroatoms. The zero-order chi connectivity index (χ0) is 20.9. The smallest absolute Gasteiger partial charge is 0.337 e. The summed E-state index contributed by atoms with van der Waals surface area (Å²) in [6, 6.07) is 13.9. The van der Waals surface area contributed by atoms with Crippen molar-refractivity contribution in [3.05, 3.63) is 65.2 Å². The van der Waals surface area contributed by atoms with E-state index < -0.39 is 17.4 Å². The van der Waals surface area contributed by atoms with Crippen LogP contribution in [-0.4, -0.2) is 45.3 Å². The molecule has 0 unspecified atom stereocenters. The van der Waals surface area contributed by atoms with Crippen LogP contribution in [0, 0.1) is 0 Å². The number of benzene rings is 2. The fraction of sp³-hybridized carbons (Fsp3) is 0.318. The van der Waals surface area contributed by atoms with Crippen LogP contribution in [0.4, 0.5) is 5.69 Å². The van der Waals surface area contributed by atoms with E-state index in [0.29, 0.717) is 31.7 Å². The quantitative estimate of drug-likeness (QED) is 0.780. The second-order valence-corrected chi connectivity index (χ2v) is 6.80. The molecule has 2 aromatic rings. The zero-order valence-electron chi connectivity index (χ0n) is 16.4. The molecule has 2 aromatic carbocycles. The Labute approximate surface area is 169 Å². The van der Waals surface area contributed by atoms with Crippen molar-refractivity contribution in [1.82, 2.24) is 0 Å². The molecule has 1 saturated heterocycles. The van der Waals surface area contributed by atoms with Crippen LogP contribution < -0.4 is 5.32 Å². The molecule has 1 aliphatic rings. The Morgan fingerprint density at radius 3 is 1.97 bits per heavy atom. The van der Waals surface area contributed by atoms with E-state index in [4.69, 9.17) is 14.2 Å². The molecule has 1 heterocycles. The number of methoxy groups -OCH3 is 2. The van der Waals surface area contributed by atoms with Crippen molar-refractivity contribution >= 4 is 23.5 Å². The van der Waals surface area contributed by atoms with Crippen molar-refractivity contribution in [2.75, 3.05) is 32.8 Å². The summed E-state index contributed by atoms with van der Waals surface area (Å²) in [5.74, 6) is -1.45. The molecule has 1 fully saturated rings. The minimum absolute atomic E-state index is 0.145. The van der Waals surface area contributed by atoms with Gasteiger partial charge in [-0.2, -0.15) is 0 Å². The molecule has 29 heavy (non-hydrogen) atoms. The first-order valence-corrected chi connectivity index (χ1v) is 9.26. The molecule has 1 N–H and O–H groups in total. The number of rotatable bonds is 5.